The lowest BCUT2D eigenvalue weighted by Gasteiger charge is -2.36. The van der Waals surface area contributed by atoms with Crippen molar-refractivity contribution in [2.24, 2.45) is 0 Å². The predicted octanol–water partition coefficient (Wildman–Crippen LogP) is 3.69. The number of fused-ring (bicyclic) bond motifs is 2. The highest BCUT2D eigenvalue weighted by Crippen LogP contribution is 2.34. The fraction of sp³-hybridized carbons (Fsp3) is 0.474. The number of nitrogens with zero attached hydrogens (tertiary/aromatic N) is 3. The average molecular weight is 454 g/mol. The van der Waals surface area contributed by atoms with Crippen LogP contribution in [0, 0.1) is 0 Å². The van der Waals surface area contributed by atoms with Crippen LogP contribution >= 0.6 is 27.5 Å². The lowest BCUT2D eigenvalue weighted by molar-refractivity contribution is 0.0875. The molecule has 27 heavy (non-hydrogen) atoms. The number of carbonyl (C=O) groups is 1. The van der Waals surface area contributed by atoms with Crippen LogP contribution in [0.25, 0.3) is 0 Å². The van der Waals surface area contributed by atoms with Crippen molar-refractivity contribution in [1.82, 2.24) is 20.0 Å². The highest BCUT2D eigenvalue weighted by Gasteiger charge is 2.38. The van der Waals surface area contributed by atoms with Gasteiger partial charge in [0, 0.05) is 28.8 Å². The first kappa shape index (κ1) is 18.8. The van der Waals surface area contributed by atoms with Gasteiger partial charge in [0.05, 0.1) is 5.02 Å². The zero-order valence-corrected chi connectivity index (χ0v) is 17.4. The van der Waals surface area contributed by atoms with Crippen LogP contribution in [0.3, 0.4) is 0 Å². The van der Waals surface area contributed by atoms with Crippen molar-refractivity contribution in [3.63, 3.8) is 0 Å². The smallest absolute Gasteiger partial charge is 0.271 e. The van der Waals surface area contributed by atoms with Crippen molar-refractivity contribution < 1.29 is 9.53 Å². The summed E-state index contributed by atoms with van der Waals surface area (Å²) in [5.74, 6) is 0.451. The van der Waals surface area contributed by atoms with Gasteiger partial charge >= 0.3 is 0 Å². The first-order valence-corrected chi connectivity index (χ1v) is 10.3. The Morgan fingerprint density at radius 2 is 2.07 bits per heavy atom. The minimum Gasteiger partial charge on any atom is -0.470 e. The monoisotopic (exact) mass is 452 g/mol. The average Bonchev–Trinajstić information content (AvgIpc) is 3.16. The Labute approximate surface area is 171 Å². The van der Waals surface area contributed by atoms with Crippen LogP contribution in [0.5, 0.6) is 5.75 Å². The van der Waals surface area contributed by atoms with Crippen LogP contribution in [0.2, 0.25) is 5.02 Å². The summed E-state index contributed by atoms with van der Waals surface area (Å²) >= 11 is 9.51. The number of ether oxygens (including phenoxy) is 1. The van der Waals surface area contributed by atoms with Crippen LogP contribution in [0.15, 0.2) is 34.9 Å². The number of halogens is 2. The van der Waals surface area contributed by atoms with E-state index in [1.807, 2.05) is 6.07 Å². The van der Waals surface area contributed by atoms with Gasteiger partial charge in [-0.3, -0.25) is 4.79 Å². The third-order valence-electron chi connectivity index (χ3n) is 5.55. The first-order chi connectivity index (χ1) is 13.0. The number of hydrogen-bond acceptors (Lipinski definition) is 4. The summed E-state index contributed by atoms with van der Waals surface area (Å²) in [6.45, 7) is 0.188. The topological polar surface area (TPSA) is 59.4 Å². The number of carbonyl (C=O) groups excluding carboxylic acids is 1. The molecule has 2 aromatic rings. The summed E-state index contributed by atoms with van der Waals surface area (Å²) < 4.78 is 8.16. The van der Waals surface area contributed by atoms with Crippen LogP contribution in [-0.4, -0.2) is 45.8 Å². The molecule has 0 spiro atoms. The van der Waals surface area contributed by atoms with Gasteiger partial charge in [-0.15, -0.1) is 0 Å². The van der Waals surface area contributed by atoms with Gasteiger partial charge in [-0.05, 0) is 57.0 Å². The third kappa shape index (κ3) is 4.15. The number of rotatable bonds is 5. The van der Waals surface area contributed by atoms with Gasteiger partial charge in [0.2, 0.25) is 0 Å². The van der Waals surface area contributed by atoms with Crippen LogP contribution in [-0.2, 0) is 6.73 Å². The summed E-state index contributed by atoms with van der Waals surface area (Å²) in [4.78, 5) is 15.0. The quantitative estimate of drug-likeness (QED) is 0.750. The second-order valence-corrected chi connectivity index (χ2v) is 8.60. The lowest BCUT2D eigenvalue weighted by Crippen LogP contribution is -2.48. The molecule has 2 fully saturated rings. The van der Waals surface area contributed by atoms with E-state index in [1.165, 1.54) is 12.8 Å². The summed E-state index contributed by atoms with van der Waals surface area (Å²) in [6.07, 6.45) is 6.24. The van der Waals surface area contributed by atoms with Gasteiger partial charge in [-0.1, -0.05) is 27.5 Å². The van der Waals surface area contributed by atoms with E-state index in [2.05, 4.69) is 38.3 Å². The molecule has 144 valence electrons. The van der Waals surface area contributed by atoms with E-state index in [1.54, 1.807) is 29.1 Å². The molecule has 2 bridgehead atoms. The Hall–Kier alpha value is -1.57. The molecular weight excluding hydrogens is 432 g/mol. The SMILES string of the molecule is CN1[C@H]2CC[C@H]1CC(NC(=O)c1ccn(COc3ccc(Br)cc3Cl)n1)C2. The minimum atomic E-state index is -0.121. The number of amides is 1. The maximum Gasteiger partial charge on any atom is 0.271 e. The maximum absolute atomic E-state index is 12.5. The van der Waals surface area contributed by atoms with Crippen LogP contribution in [0.4, 0.5) is 0 Å². The van der Waals surface area contributed by atoms with Crippen molar-refractivity contribution in [2.45, 2.75) is 50.5 Å². The maximum atomic E-state index is 12.5. The van der Waals surface area contributed by atoms with E-state index in [-0.39, 0.29) is 18.7 Å². The molecule has 2 aliphatic rings. The van der Waals surface area contributed by atoms with Gasteiger partial charge in [0.25, 0.3) is 5.91 Å². The van der Waals surface area contributed by atoms with Gasteiger partial charge in [0.15, 0.2) is 6.73 Å². The molecule has 1 N–H and O–H groups in total. The van der Waals surface area contributed by atoms with E-state index in [9.17, 15) is 4.79 Å². The molecule has 2 aliphatic heterocycles. The molecule has 1 amide bonds. The molecule has 0 saturated carbocycles. The third-order valence-corrected chi connectivity index (χ3v) is 6.34. The normalized spacial score (nSPS) is 24.8. The molecule has 0 aliphatic carbocycles. The Bertz CT molecular complexity index is 829. The molecule has 3 heterocycles. The van der Waals surface area contributed by atoms with E-state index in [0.29, 0.717) is 28.5 Å². The second-order valence-electron chi connectivity index (χ2n) is 7.28. The van der Waals surface area contributed by atoms with E-state index in [0.717, 1.165) is 17.3 Å². The van der Waals surface area contributed by atoms with Gasteiger partial charge in [0.1, 0.15) is 11.4 Å². The number of piperidine rings is 1. The standard InChI is InChI=1S/C19H22BrClN4O2/c1-24-14-3-4-15(24)10-13(9-14)22-19(26)17-6-7-25(23-17)11-27-18-5-2-12(20)8-16(18)21/h2,5-8,13-15H,3-4,9-11H2,1H3,(H,22,26)/t14-,15-/m0/s1. The Morgan fingerprint density at radius 3 is 2.78 bits per heavy atom. The van der Waals surface area contributed by atoms with Gasteiger partial charge in [-0.25, -0.2) is 4.68 Å². The molecule has 1 aromatic carbocycles. The number of nitrogens with one attached hydrogen (secondary N) is 1. The van der Waals surface area contributed by atoms with E-state index < -0.39 is 0 Å². The Morgan fingerprint density at radius 1 is 1.33 bits per heavy atom. The van der Waals surface area contributed by atoms with E-state index in [4.69, 9.17) is 16.3 Å². The molecular formula is C19H22BrClN4O2. The van der Waals surface area contributed by atoms with Crippen molar-refractivity contribution in [2.75, 3.05) is 7.05 Å². The van der Waals surface area contributed by atoms with Crippen molar-refractivity contribution in [1.29, 1.82) is 0 Å². The summed E-state index contributed by atoms with van der Waals surface area (Å²) in [6, 6.07) is 8.55. The Kier molecular flexibility index (Phi) is 5.43. The van der Waals surface area contributed by atoms with Gasteiger partial charge in [-0.2, -0.15) is 5.10 Å². The van der Waals surface area contributed by atoms with Crippen LogP contribution in [0.1, 0.15) is 36.2 Å². The fourth-order valence-corrected chi connectivity index (χ4v) is 4.80. The predicted molar refractivity (Wildman–Crippen MR) is 107 cm³/mol. The number of benzene rings is 1. The fourth-order valence-electron chi connectivity index (χ4n) is 4.07. The number of hydrogen-bond donors (Lipinski definition) is 1. The number of aromatic nitrogens is 2. The second kappa shape index (κ2) is 7.81. The highest BCUT2D eigenvalue weighted by molar-refractivity contribution is 9.10. The first-order valence-electron chi connectivity index (χ1n) is 9.13. The molecule has 2 atom stereocenters. The zero-order valence-electron chi connectivity index (χ0n) is 15.1. The zero-order chi connectivity index (χ0) is 19.0. The largest absolute Gasteiger partial charge is 0.470 e. The summed E-state index contributed by atoms with van der Waals surface area (Å²) in [5.41, 5.74) is 0.409. The molecule has 4 rings (SSSR count). The highest BCUT2D eigenvalue weighted by atomic mass is 79.9. The molecule has 6 nitrogen and oxygen atoms in total. The van der Waals surface area contributed by atoms with Gasteiger partial charge < -0.3 is 15.0 Å². The lowest BCUT2D eigenvalue weighted by atomic mass is 9.98. The summed E-state index contributed by atoms with van der Waals surface area (Å²) in [5, 5.41) is 7.99. The minimum absolute atomic E-state index is 0.121. The van der Waals surface area contributed by atoms with E-state index >= 15 is 0 Å². The van der Waals surface area contributed by atoms with Crippen molar-refractivity contribution in [3.8, 4) is 5.75 Å². The molecule has 8 heteroatoms. The van der Waals surface area contributed by atoms with Crippen molar-refractivity contribution in [3.05, 3.63) is 45.7 Å². The molecule has 0 radical (unpaired) electrons. The van der Waals surface area contributed by atoms with Crippen LogP contribution < -0.4 is 10.1 Å². The molecule has 2 saturated heterocycles. The van der Waals surface area contributed by atoms with Crippen molar-refractivity contribution >= 4 is 33.4 Å². The summed E-state index contributed by atoms with van der Waals surface area (Å²) in [7, 11) is 2.19. The Balaban J connectivity index is 1.33. The molecule has 0 unspecified atom stereocenters. The molecule has 1 aromatic heterocycles.